The molecule has 1 N–H and O–H groups in total. The minimum absolute atomic E-state index is 0.228. The van der Waals surface area contributed by atoms with E-state index in [-0.39, 0.29) is 12.0 Å². The van der Waals surface area contributed by atoms with Gasteiger partial charge in [0, 0.05) is 25.3 Å². The molecule has 6 atom stereocenters. The summed E-state index contributed by atoms with van der Waals surface area (Å²) in [6.07, 6.45) is -2.47. The Labute approximate surface area is 169 Å². The summed E-state index contributed by atoms with van der Waals surface area (Å²) in [6, 6.07) is 18.2. The van der Waals surface area contributed by atoms with Crippen LogP contribution >= 0.6 is 0 Å². The van der Waals surface area contributed by atoms with Gasteiger partial charge in [-0.1, -0.05) is 48.5 Å². The second-order valence-electron chi connectivity index (χ2n) is 7.02. The molecule has 1 amide bonds. The largest absolute Gasteiger partial charge is 0.376 e. The number of rotatable bonds is 5. The summed E-state index contributed by atoms with van der Waals surface area (Å²) in [5.41, 5.74) is 1.47. The number of carbonyl (C=O) groups excluding carboxylic acids is 1. The molecule has 0 spiro atoms. The van der Waals surface area contributed by atoms with Crippen LogP contribution in [0.4, 0.5) is 0 Å². The molecule has 2 aromatic rings. The van der Waals surface area contributed by atoms with Crippen molar-refractivity contribution in [3.05, 3.63) is 71.8 Å². The monoisotopic (exact) mass is 399 g/mol. The molecule has 0 aliphatic carbocycles. The molecular formula is C22H25NO6. The predicted octanol–water partition coefficient (Wildman–Crippen LogP) is 2.29. The van der Waals surface area contributed by atoms with E-state index in [2.05, 4.69) is 5.32 Å². The van der Waals surface area contributed by atoms with Crippen LogP contribution in [0.15, 0.2) is 60.7 Å². The lowest BCUT2D eigenvalue weighted by Crippen LogP contribution is -2.67. The van der Waals surface area contributed by atoms with Crippen LogP contribution < -0.4 is 5.32 Å². The summed E-state index contributed by atoms with van der Waals surface area (Å²) in [6.45, 7) is 0.337. The number of amides is 1. The normalized spacial score (nSPS) is 31.7. The van der Waals surface area contributed by atoms with Crippen LogP contribution in [0.3, 0.4) is 0 Å². The standard InChI is InChI=1S/C22H25NO6/c1-25-19-17(23-20(24)14-9-5-3-6-10-14)22(26-2)28-16-13-27-21(29-18(16)19)15-11-7-4-8-12-15/h3-12,16-19,21-22H,13H2,1-2H3,(H,23,24). The fourth-order valence-electron chi connectivity index (χ4n) is 3.81. The van der Waals surface area contributed by atoms with E-state index in [1.54, 1.807) is 19.2 Å². The van der Waals surface area contributed by atoms with E-state index in [0.717, 1.165) is 5.56 Å². The number of hydrogen-bond acceptors (Lipinski definition) is 6. The first kappa shape index (κ1) is 20.0. The molecule has 6 unspecified atom stereocenters. The molecule has 0 saturated carbocycles. The van der Waals surface area contributed by atoms with Gasteiger partial charge in [0.2, 0.25) is 0 Å². The lowest BCUT2D eigenvalue weighted by molar-refractivity contribution is -0.343. The maximum atomic E-state index is 12.7. The van der Waals surface area contributed by atoms with Crippen molar-refractivity contribution in [1.29, 1.82) is 0 Å². The van der Waals surface area contributed by atoms with Crippen LogP contribution in [0.2, 0.25) is 0 Å². The van der Waals surface area contributed by atoms with Crippen LogP contribution in [-0.4, -0.2) is 57.4 Å². The topological polar surface area (TPSA) is 75.2 Å². The zero-order valence-corrected chi connectivity index (χ0v) is 16.4. The molecular weight excluding hydrogens is 374 g/mol. The minimum Gasteiger partial charge on any atom is -0.376 e. The van der Waals surface area contributed by atoms with E-state index in [1.807, 2.05) is 48.5 Å². The number of benzene rings is 2. The molecule has 2 aromatic carbocycles. The first-order valence-corrected chi connectivity index (χ1v) is 9.60. The maximum Gasteiger partial charge on any atom is 0.251 e. The Hall–Kier alpha value is -2.29. The molecule has 7 heteroatoms. The predicted molar refractivity (Wildman–Crippen MR) is 104 cm³/mol. The maximum absolute atomic E-state index is 12.7. The fraction of sp³-hybridized carbons (Fsp3) is 0.409. The third kappa shape index (κ3) is 4.19. The van der Waals surface area contributed by atoms with Gasteiger partial charge in [0.25, 0.3) is 5.91 Å². The molecule has 29 heavy (non-hydrogen) atoms. The molecule has 2 aliphatic heterocycles. The Morgan fingerprint density at radius 3 is 2.31 bits per heavy atom. The van der Waals surface area contributed by atoms with Crippen molar-refractivity contribution in [3.63, 3.8) is 0 Å². The van der Waals surface area contributed by atoms with Crippen LogP contribution in [0.25, 0.3) is 0 Å². The quantitative estimate of drug-likeness (QED) is 0.832. The molecule has 0 aromatic heterocycles. The van der Waals surface area contributed by atoms with Crippen molar-refractivity contribution in [2.24, 2.45) is 0 Å². The Balaban J connectivity index is 1.54. The van der Waals surface area contributed by atoms with Gasteiger partial charge in [0.05, 0.1) is 6.61 Å². The summed E-state index contributed by atoms with van der Waals surface area (Å²) >= 11 is 0. The number of ether oxygens (including phenoxy) is 5. The van der Waals surface area contributed by atoms with Crippen molar-refractivity contribution < 1.29 is 28.5 Å². The minimum atomic E-state index is -0.686. The van der Waals surface area contributed by atoms with Gasteiger partial charge in [-0.2, -0.15) is 0 Å². The molecule has 2 heterocycles. The lowest BCUT2D eigenvalue weighted by atomic mass is 9.95. The number of hydrogen-bond donors (Lipinski definition) is 1. The summed E-state index contributed by atoms with van der Waals surface area (Å²) in [4.78, 5) is 12.7. The van der Waals surface area contributed by atoms with E-state index in [0.29, 0.717) is 12.2 Å². The molecule has 2 fully saturated rings. The van der Waals surface area contributed by atoms with E-state index in [4.69, 9.17) is 23.7 Å². The van der Waals surface area contributed by atoms with Gasteiger partial charge in [-0.15, -0.1) is 0 Å². The van der Waals surface area contributed by atoms with Crippen molar-refractivity contribution in [2.45, 2.75) is 36.9 Å². The third-order valence-corrected chi connectivity index (χ3v) is 5.25. The van der Waals surface area contributed by atoms with Crippen molar-refractivity contribution in [1.82, 2.24) is 5.32 Å². The van der Waals surface area contributed by atoms with Gasteiger partial charge in [0.15, 0.2) is 12.6 Å². The molecule has 0 radical (unpaired) electrons. The summed E-state index contributed by atoms with van der Waals surface area (Å²) < 4.78 is 29.4. The first-order valence-electron chi connectivity index (χ1n) is 9.60. The SMILES string of the molecule is COC1OC2COC(c3ccccc3)OC2C(OC)C1NC(=O)c1ccccc1. The zero-order valence-electron chi connectivity index (χ0n) is 16.4. The molecule has 0 bridgehead atoms. The van der Waals surface area contributed by atoms with Gasteiger partial charge in [-0.05, 0) is 12.1 Å². The summed E-state index contributed by atoms with van der Waals surface area (Å²) in [7, 11) is 3.13. The van der Waals surface area contributed by atoms with E-state index in [1.165, 1.54) is 7.11 Å². The van der Waals surface area contributed by atoms with E-state index in [9.17, 15) is 4.79 Å². The Kier molecular flexibility index (Phi) is 6.22. The number of methoxy groups -OCH3 is 2. The van der Waals surface area contributed by atoms with Crippen molar-refractivity contribution >= 4 is 5.91 Å². The zero-order chi connectivity index (χ0) is 20.2. The second-order valence-corrected chi connectivity index (χ2v) is 7.02. The van der Waals surface area contributed by atoms with Gasteiger partial charge < -0.3 is 29.0 Å². The van der Waals surface area contributed by atoms with Crippen LogP contribution in [0.1, 0.15) is 22.2 Å². The van der Waals surface area contributed by atoms with Crippen LogP contribution in [0.5, 0.6) is 0 Å². The second kappa shape index (κ2) is 9.02. The molecule has 4 rings (SSSR count). The van der Waals surface area contributed by atoms with Crippen LogP contribution in [-0.2, 0) is 23.7 Å². The van der Waals surface area contributed by atoms with Gasteiger partial charge in [-0.3, -0.25) is 4.79 Å². The van der Waals surface area contributed by atoms with Crippen LogP contribution in [0, 0.1) is 0 Å². The van der Waals surface area contributed by atoms with Crippen molar-refractivity contribution in [3.8, 4) is 0 Å². The number of carbonyl (C=O) groups is 1. The summed E-state index contributed by atoms with van der Waals surface area (Å²) in [5.74, 6) is -0.228. The molecule has 154 valence electrons. The number of fused-ring (bicyclic) bond motifs is 1. The van der Waals surface area contributed by atoms with Gasteiger partial charge in [0.1, 0.15) is 24.4 Å². The van der Waals surface area contributed by atoms with E-state index >= 15 is 0 Å². The average Bonchev–Trinajstić information content (AvgIpc) is 2.79. The Morgan fingerprint density at radius 2 is 1.66 bits per heavy atom. The Morgan fingerprint density at radius 1 is 0.966 bits per heavy atom. The highest BCUT2D eigenvalue weighted by Crippen LogP contribution is 2.35. The lowest BCUT2D eigenvalue weighted by Gasteiger charge is -2.48. The first-order chi connectivity index (χ1) is 14.2. The van der Waals surface area contributed by atoms with Gasteiger partial charge in [-0.25, -0.2) is 0 Å². The summed E-state index contributed by atoms with van der Waals surface area (Å²) in [5, 5.41) is 2.99. The fourth-order valence-corrected chi connectivity index (χ4v) is 3.81. The molecule has 2 saturated heterocycles. The Bertz CT molecular complexity index is 801. The van der Waals surface area contributed by atoms with E-state index < -0.39 is 30.8 Å². The van der Waals surface area contributed by atoms with Crippen molar-refractivity contribution in [2.75, 3.05) is 20.8 Å². The molecule has 2 aliphatic rings. The average molecular weight is 399 g/mol. The van der Waals surface area contributed by atoms with Gasteiger partial charge >= 0.3 is 0 Å². The third-order valence-electron chi connectivity index (χ3n) is 5.25. The highest BCUT2D eigenvalue weighted by Gasteiger charge is 2.51. The smallest absolute Gasteiger partial charge is 0.251 e. The highest BCUT2D eigenvalue weighted by atomic mass is 16.7. The highest BCUT2D eigenvalue weighted by molar-refractivity contribution is 5.94. The number of nitrogens with one attached hydrogen (secondary N) is 1. The molecule has 7 nitrogen and oxygen atoms in total.